The number of nitrogens with one attached hydrogen (secondary N) is 2. The summed E-state index contributed by atoms with van der Waals surface area (Å²) in [5, 5.41) is 3.23. The first kappa shape index (κ1) is 17.2. The van der Waals surface area contributed by atoms with Gasteiger partial charge >= 0.3 is 0 Å². The Labute approximate surface area is 142 Å². The summed E-state index contributed by atoms with van der Waals surface area (Å²) in [6.45, 7) is 4.05. The second kappa shape index (κ2) is 6.70. The molecule has 1 atom stereocenters. The van der Waals surface area contributed by atoms with Crippen LogP contribution in [0.5, 0.6) is 5.75 Å². The van der Waals surface area contributed by atoms with Crippen LogP contribution in [0, 0.1) is 0 Å². The molecule has 2 aliphatic rings. The zero-order valence-corrected chi connectivity index (χ0v) is 14.7. The second-order valence-electron chi connectivity index (χ2n) is 6.31. The minimum absolute atomic E-state index is 0.00717. The molecule has 0 bridgehead atoms. The summed E-state index contributed by atoms with van der Waals surface area (Å²) in [6.07, 6.45) is 1.69. The maximum Gasteiger partial charge on any atom is 0.254 e. The first-order chi connectivity index (χ1) is 11.4. The van der Waals surface area contributed by atoms with Crippen LogP contribution in [0.1, 0.15) is 30.1 Å². The highest BCUT2D eigenvalue weighted by atomic mass is 32.2. The van der Waals surface area contributed by atoms with Gasteiger partial charge in [0.15, 0.2) is 0 Å². The molecule has 132 valence electrons. The Kier molecular flexibility index (Phi) is 4.80. The van der Waals surface area contributed by atoms with Gasteiger partial charge in [-0.2, -0.15) is 0 Å². The SMILES string of the molecule is COc1ccc(C(=O)N2CCNCC2C)cc1S(=O)(=O)NC1CC1. The predicted octanol–water partition coefficient (Wildman–Crippen LogP) is 0.570. The van der Waals surface area contributed by atoms with Gasteiger partial charge in [-0.25, -0.2) is 13.1 Å². The zero-order chi connectivity index (χ0) is 17.3. The molecule has 0 aromatic heterocycles. The number of amides is 1. The number of piperazine rings is 1. The molecule has 2 N–H and O–H groups in total. The number of sulfonamides is 1. The van der Waals surface area contributed by atoms with Crippen molar-refractivity contribution in [2.24, 2.45) is 0 Å². The number of carbonyl (C=O) groups excluding carboxylic acids is 1. The molecule has 1 amide bonds. The summed E-state index contributed by atoms with van der Waals surface area (Å²) in [5.74, 6) is 0.0857. The van der Waals surface area contributed by atoms with E-state index in [0.29, 0.717) is 12.1 Å². The van der Waals surface area contributed by atoms with Gasteiger partial charge < -0.3 is 15.0 Å². The van der Waals surface area contributed by atoms with Crippen LogP contribution >= 0.6 is 0 Å². The van der Waals surface area contributed by atoms with Crippen LogP contribution in [0.4, 0.5) is 0 Å². The molecule has 1 aromatic carbocycles. The molecule has 0 spiro atoms. The number of hydrogen-bond acceptors (Lipinski definition) is 5. The van der Waals surface area contributed by atoms with Crippen LogP contribution < -0.4 is 14.8 Å². The third-order valence-electron chi connectivity index (χ3n) is 4.36. The van der Waals surface area contributed by atoms with Gasteiger partial charge in [0.2, 0.25) is 10.0 Å². The topological polar surface area (TPSA) is 87.7 Å². The second-order valence-corrected chi connectivity index (χ2v) is 8.00. The van der Waals surface area contributed by atoms with Crippen molar-refractivity contribution in [3.63, 3.8) is 0 Å². The van der Waals surface area contributed by atoms with Crippen LogP contribution in [-0.4, -0.2) is 58.1 Å². The van der Waals surface area contributed by atoms with Gasteiger partial charge in [0.05, 0.1) is 7.11 Å². The van der Waals surface area contributed by atoms with Gasteiger partial charge in [0.1, 0.15) is 10.6 Å². The first-order valence-electron chi connectivity index (χ1n) is 8.14. The normalized spacial score (nSPS) is 21.6. The van der Waals surface area contributed by atoms with Crippen LogP contribution in [0.15, 0.2) is 23.1 Å². The lowest BCUT2D eigenvalue weighted by atomic mass is 10.1. The minimum atomic E-state index is -3.70. The predicted molar refractivity (Wildman–Crippen MR) is 89.7 cm³/mol. The lowest BCUT2D eigenvalue weighted by Crippen LogP contribution is -2.52. The average Bonchev–Trinajstić information content (AvgIpc) is 3.37. The fourth-order valence-electron chi connectivity index (χ4n) is 2.81. The van der Waals surface area contributed by atoms with E-state index < -0.39 is 10.0 Å². The third kappa shape index (κ3) is 3.55. The smallest absolute Gasteiger partial charge is 0.254 e. The molecule has 1 unspecified atom stereocenters. The van der Waals surface area contributed by atoms with Gasteiger partial charge in [-0.05, 0) is 38.0 Å². The van der Waals surface area contributed by atoms with E-state index >= 15 is 0 Å². The fraction of sp³-hybridized carbons (Fsp3) is 0.562. The summed E-state index contributed by atoms with van der Waals surface area (Å²) in [7, 11) is -2.28. The van der Waals surface area contributed by atoms with Gasteiger partial charge in [0.25, 0.3) is 5.91 Å². The van der Waals surface area contributed by atoms with Crippen molar-refractivity contribution in [1.29, 1.82) is 0 Å². The van der Waals surface area contributed by atoms with Gasteiger partial charge in [-0.15, -0.1) is 0 Å². The number of methoxy groups -OCH3 is 1. The monoisotopic (exact) mass is 353 g/mol. The van der Waals surface area contributed by atoms with E-state index in [4.69, 9.17) is 4.74 Å². The molecule has 1 aliphatic heterocycles. The Balaban J connectivity index is 1.92. The van der Waals surface area contributed by atoms with Gasteiger partial charge in [-0.3, -0.25) is 4.79 Å². The molecule has 1 saturated heterocycles. The van der Waals surface area contributed by atoms with Crippen LogP contribution in [0.3, 0.4) is 0 Å². The molecule has 24 heavy (non-hydrogen) atoms. The Hall–Kier alpha value is -1.64. The molecule has 7 nitrogen and oxygen atoms in total. The van der Waals surface area contributed by atoms with Crippen molar-refractivity contribution in [3.8, 4) is 5.75 Å². The molecule has 8 heteroatoms. The highest BCUT2D eigenvalue weighted by molar-refractivity contribution is 7.89. The van der Waals surface area contributed by atoms with Crippen molar-refractivity contribution < 1.29 is 17.9 Å². The van der Waals surface area contributed by atoms with Crippen molar-refractivity contribution in [1.82, 2.24) is 14.9 Å². The van der Waals surface area contributed by atoms with Crippen LogP contribution in [-0.2, 0) is 10.0 Å². The molecule has 1 aliphatic carbocycles. The van der Waals surface area contributed by atoms with E-state index in [0.717, 1.165) is 25.9 Å². The standard InChI is InChI=1S/C16H23N3O4S/c1-11-10-17-7-8-19(11)16(20)12-3-6-14(23-2)15(9-12)24(21,22)18-13-4-5-13/h3,6,9,11,13,17-18H,4-5,7-8,10H2,1-2H3. The van der Waals surface area contributed by atoms with Crippen LogP contribution in [0.25, 0.3) is 0 Å². The van der Waals surface area contributed by atoms with Gasteiger partial charge in [0, 0.05) is 37.3 Å². The molecule has 2 fully saturated rings. The summed E-state index contributed by atoms with van der Waals surface area (Å²) >= 11 is 0. The summed E-state index contributed by atoms with van der Waals surface area (Å²) in [4.78, 5) is 14.6. The molecular formula is C16H23N3O4S. The highest BCUT2D eigenvalue weighted by Gasteiger charge is 2.31. The maximum absolute atomic E-state index is 12.8. The average molecular weight is 353 g/mol. The summed E-state index contributed by atoms with van der Waals surface area (Å²) in [6, 6.07) is 4.64. The van der Waals surface area contributed by atoms with Crippen molar-refractivity contribution in [2.75, 3.05) is 26.7 Å². The highest BCUT2D eigenvalue weighted by Crippen LogP contribution is 2.29. The number of carbonyl (C=O) groups is 1. The van der Waals surface area contributed by atoms with Gasteiger partial charge in [-0.1, -0.05) is 0 Å². The number of benzene rings is 1. The number of rotatable bonds is 5. The molecule has 3 rings (SSSR count). The number of hydrogen-bond donors (Lipinski definition) is 2. The Morgan fingerprint density at radius 3 is 2.75 bits per heavy atom. The molecule has 1 saturated carbocycles. The summed E-state index contributed by atoms with van der Waals surface area (Å²) in [5.41, 5.74) is 0.362. The largest absolute Gasteiger partial charge is 0.495 e. The number of nitrogens with zero attached hydrogens (tertiary/aromatic N) is 1. The Morgan fingerprint density at radius 1 is 1.38 bits per heavy atom. The van der Waals surface area contributed by atoms with E-state index in [-0.39, 0.29) is 28.6 Å². The van der Waals surface area contributed by atoms with E-state index in [9.17, 15) is 13.2 Å². The Morgan fingerprint density at radius 2 is 2.12 bits per heavy atom. The van der Waals surface area contributed by atoms with Crippen LogP contribution in [0.2, 0.25) is 0 Å². The lowest BCUT2D eigenvalue weighted by molar-refractivity contribution is 0.0655. The van der Waals surface area contributed by atoms with E-state index in [1.807, 2.05) is 6.92 Å². The fourth-order valence-corrected chi connectivity index (χ4v) is 4.31. The lowest BCUT2D eigenvalue weighted by Gasteiger charge is -2.34. The molecule has 1 aromatic rings. The van der Waals surface area contributed by atoms with Crippen molar-refractivity contribution in [2.45, 2.75) is 36.7 Å². The molecular weight excluding hydrogens is 330 g/mol. The van der Waals surface area contributed by atoms with Crippen molar-refractivity contribution in [3.05, 3.63) is 23.8 Å². The summed E-state index contributed by atoms with van der Waals surface area (Å²) < 4.78 is 32.9. The quantitative estimate of drug-likeness (QED) is 0.808. The Bertz CT molecular complexity index is 731. The van der Waals surface area contributed by atoms with Crippen molar-refractivity contribution >= 4 is 15.9 Å². The third-order valence-corrected chi connectivity index (χ3v) is 5.90. The number of ether oxygens (including phenoxy) is 1. The van der Waals surface area contributed by atoms with E-state index in [2.05, 4.69) is 10.0 Å². The van der Waals surface area contributed by atoms with E-state index in [1.54, 1.807) is 17.0 Å². The zero-order valence-electron chi connectivity index (χ0n) is 13.9. The molecule has 1 heterocycles. The maximum atomic E-state index is 12.8. The first-order valence-corrected chi connectivity index (χ1v) is 9.63. The van der Waals surface area contributed by atoms with E-state index in [1.165, 1.54) is 13.2 Å². The minimum Gasteiger partial charge on any atom is -0.495 e. The molecule has 0 radical (unpaired) electrons.